The van der Waals surface area contributed by atoms with E-state index >= 15 is 0 Å². The van der Waals surface area contributed by atoms with Crippen molar-refractivity contribution >= 4 is 12.1 Å². The quantitative estimate of drug-likeness (QED) is 0.849. The van der Waals surface area contributed by atoms with Gasteiger partial charge in [0.15, 0.2) is 0 Å². The number of rotatable bonds is 2. The van der Waals surface area contributed by atoms with E-state index < -0.39 is 12.1 Å². The number of hydroxylamine groups is 2. The van der Waals surface area contributed by atoms with Crippen molar-refractivity contribution in [1.82, 2.24) is 9.96 Å². The Morgan fingerprint density at radius 1 is 1.06 bits per heavy atom. The van der Waals surface area contributed by atoms with Gasteiger partial charge in [-0.2, -0.15) is 0 Å². The van der Waals surface area contributed by atoms with E-state index in [-0.39, 0.29) is 0 Å². The van der Waals surface area contributed by atoms with Gasteiger partial charge in [-0.15, -0.1) is 5.06 Å². The van der Waals surface area contributed by atoms with E-state index in [9.17, 15) is 9.59 Å². The van der Waals surface area contributed by atoms with Gasteiger partial charge in [-0.05, 0) is 12.1 Å². The first kappa shape index (κ1) is 12.4. The van der Waals surface area contributed by atoms with Gasteiger partial charge in [0.25, 0.3) is 0 Å². The molecule has 2 rings (SSSR count). The van der Waals surface area contributed by atoms with Gasteiger partial charge in [-0.25, -0.2) is 9.59 Å². The first-order chi connectivity index (χ1) is 8.66. The van der Waals surface area contributed by atoms with Crippen LogP contribution in [0, 0.1) is 0 Å². The molecule has 1 aromatic carbocycles. The van der Waals surface area contributed by atoms with Crippen molar-refractivity contribution in [1.29, 1.82) is 0 Å². The van der Waals surface area contributed by atoms with Gasteiger partial charge in [0.1, 0.15) is 0 Å². The van der Waals surface area contributed by atoms with Crippen molar-refractivity contribution in [2.75, 3.05) is 26.2 Å². The van der Waals surface area contributed by atoms with Gasteiger partial charge >= 0.3 is 12.1 Å². The Hall–Kier alpha value is -2.08. The number of piperazine rings is 1. The standard InChI is InChI=1S/C12H14N2O4/c15-11(10-4-2-1-3-5-10)18-14-8-6-13(7-9-14)12(16)17/h1-5H,6-9H2,(H,16,17). The molecule has 0 atom stereocenters. The zero-order chi connectivity index (χ0) is 13.0. The Bertz CT molecular complexity index is 427. The lowest BCUT2D eigenvalue weighted by molar-refractivity contribution is -0.126. The Labute approximate surface area is 104 Å². The second-order valence-electron chi connectivity index (χ2n) is 3.94. The minimum atomic E-state index is -0.941. The monoisotopic (exact) mass is 250 g/mol. The second kappa shape index (κ2) is 5.50. The molecule has 1 aliphatic rings. The lowest BCUT2D eigenvalue weighted by Gasteiger charge is -2.31. The number of hydrogen-bond donors (Lipinski definition) is 1. The first-order valence-corrected chi connectivity index (χ1v) is 5.67. The van der Waals surface area contributed by atoms with Gasteiger partial charge < -0.3 is 14.8 Å². The van der Waals surface area contributed by atoms with Gasteiger partial charge in [0.05, 0.1) is 18.7 Å². The first-order valence-electron chi connectivity index (χ1n) is 5.67. The number of carbonyl (C=O) groups is 2. The Morgan fingerprint density at radius 2 is 1.67 bits per heavy atom. The highest BCUT2D eigenvalue weighted by atomic mass is 16.7. The summed E-state index contributed by atoms with van der Waals surface area (Å²) in [7, 11) is 0. The maximum atomic E-state index is 11.7. The molecule has 0 radical (unpaired) electrons. The Morgan fingerprint density at radius 3 is 2.22 bits per heavy atom. The summed E-state index contributed by atoms with van der Waals surface area (Å²) in [4.78, 5) is 28.9. The van der Waals surface area contributed by atoms with E-state index in [4.69, 9.17) is 9.94 Å². The van der Waals surface area contributed by atoms with Crippen LogP contribution in [0.25, 0.3) is 0 Å². The van der Waals surface area contributed by atoms with Crippen LogP contribution in [-0.2, 0) is 4.84 Å². The van der Waals surface area contributed by atoms with Crippen molar-refractivity contribution in [3.8, 4) is 0 Å². The molecule has 0 spiro atoms. The molecule has 0 aliphatic carbocycles. The van der Waals surface area contributed by atoms with Gasteiger partial charge in [-0.1, -0.05) is 18.2 Å². The summed E-state index contributed by atoms with van der Waals surface area (Å²) in [6, 6.07) is 8.70. The maximum Gasteiger partial charge on any atom is 0.407 e. The molecule has 1 fully saturated rings. The van der Waals surface area contributed by atoms with E-state index in [1.165, 1.54) is 9.96 Å². The highest BCUT2D eigenvalue weighted by Gasteiger charge is 2.23. The van der Waals surface area contributed by atoms with E-state index in [1.807, 2.05) is 6.07 Å². The third-order valence-corrected chi connectivity index (χ3v) is 2.73. The van der Waals surface area contributed by atoms with Crippen molar-refractivity contribution in [2.24, 2.45) is 0 Å². The number of nitrogens with zero attached hydrogens (tertiary/aromatic N) is 2. The second-order valence-corrected chi connectivity index (χ2v) is 3.94. The molecule has 1 aliphatic heterocycles. The van der Waals surface area contributed by atoms with Gasteiger partial charge in [0, 0.05) is 13.1 Å². The molecule has 0 saturated carbocycles. The fraction of sp³-hybridized carbons (Fsp3) is 0.333. The van der Waals surface area contributed by atoms with Crippen LogP contribution in [0.3, 0.4) is 0 Å². The van der Waals surface area contributed by atoms with Crippen LogP contribution in [0.2, 0.25) is 0 Å². The molecule has 96 valence electrons. The predicted octanol–water partition coefficient (Wildman–Crippen LogP) is 1.05. The molecule has 1 heterocycles. The van der Waals surface area contributed by atoms with E-state index in [0.29, 0.717) is 31.7 Å². The number of carboxylic acid groups (broad SMARTS) is 1. The number of amides is 1. The Balaban J connectivity index is 1.85. The fourth-order valence-electron chi connectivity index (χ4n) is 1.71. The largest absolute Gasteiger partial charge is 0.465 e. The molecule has 0 unspecified atom stereocenters. The molecule has 0 bridgehead atoms. The van der Waals surface area contributed by atoms with Crippen LogP contribution >= 0.6 is 0 Å². The summed E-state index contributed by atoms with van der Waals surface area (Å²) < 4.78 is 0. The van der Waals surface area contributed by atoms with Gasteiger partial charge in [-0.3, -0.25) is 0 Å². The fourth-order valence-corrected chi connectivity index (χ4v) is 1.71. The minimum Gasteiger partial charge on any atom is -0.465 e. The van der Waals surface area contributed by atoms with Crippen molar-refractivity contribution in [2.45, 2.75) is 0 Å². The third kappa shape index (κ3) is 2.98. The van der Waals surface area contributed by atoms with Crippen LogP contribution in [0.1, 0.15) is 10.4 Å². The molecule has 1 saturated heterocycles. The summed E-state index contributed by atoms with van der Waals surface area (Å²) in [6.07, 6.45) is -0.941. The summed E-state index contributed by atoms with van der Waals surface area (Å²) in [5.74, 6) is -0.417. The zero-order valence-corrected chi connectivity index (χ0v) is 9.78. The smallest absolute Gasteiger partial charge is 0.407 e. The maximum absolute atomic E-state index is 11.7. The van der Waals surface area contributed by atoms with Crippen LogP contribution < -0.4 is 0 Å². The van der Waals surface area contributed by atoms with Crippen molar-refractivity contribution in [3.63, 3.8) is 0 Å². The molecule has 6 nitrogen and oxygen atoms in total. The molecular formula is C12H14N2O4. The lowest BCUT2D eigenvalue weighted by atomic mass is 10.2. The van der Waals surface area contributed by atoms with E-state index in [2.05, 4.69) is 0 Å². The van der Waals surface area contributed by atoms with Crippen molar-refractivity contribution in [3.05, 3.63) is 35.9 Å². The molecular weight excluding hydrogens is 236 g/mol. The van der Waals surface area contributed by atoms with E-state index in [0.717, 1.165) is 0 Å². The van der Waals surface area contributed by atoms with Crippen LogP contribution in [0.5, 0.6) is 0 Å². The summed E-state index contributed by atoms with van der Waals surface area (Å²) >= 11 is 0. The summed E-state index contributed by atoms with van der Waals surface area (Å²) in [5.41, 5.74) is 0.484. The number of benzene rings is 1. The zero-order valence-electron chi connectivity index (χ0n) is 9.78. The number of hydrogen-bond acceptors (Lipinski definition) is 4. The lowest BCUT2D eigenvalue weighted by Crippen LogP contribution is -2.48. The topological polar surface area (TPSA) is 70.1 Å². The highest BCUT2D eigenvalue weighted by Crippen LogP contribution is 2.07. The molecule has 1 amide bonds. The van der Waals surface area contributed by atoms with Gasteiger partial charge in [0.2, 0.25) is 0 Å². The molecule has 0 aromatic heterocycles. The average molecular weight is 250 g/mol. The van der Waals surface area contributed by atoms with Crippen molar-refractivity contribution < 1.29 is 19.5 Å². The molecule has 1 aromatic rings. The van der Waals surface area contributed by atoms with Crippen LogP contribution in [0.15, 0.2) is 30.3 Å². The molecule has 6 heteroatoms. The van der Waals surface area contributed by atoms with Crippen LogP contribution in [0.4, 0.5) is 4.79 Å². The third-order valence-electron chi connectivity index (χ3n) is 2.73. The number of carbonyl (C=O) groups excluding carboxylic acids is 1. The predicted molar refractivity (Wildman–Crippen MR) is 63.0 cm³/mol. The summed E-state index contributed by atoms with van der Waals surface area (Å²) in [6.45, 7) is 1.48. The van der Waals surface area contributed by atoms with E-state index in [1.54, 1.807) is 24.3 Å². The normalized spacial score (nSPS) is 16.3. The Kier molecular flexibility index (Phi) is 3.78. The molecule has 1 N–H and O–H groups in total. The minimum absolute atomic E-state index is 0.345. The van der Waals surface area contributed by atoms with Crippen LogP contribution in [-0.4, -0.2) is 53.3 Å². The summed E-state index contributed by atoms with van der Waals surface area (Å²) in [5, 5.41) is 10.3. The highest BCUT2D eigenvalue weighted by molar-refractivity contribution is 5.89. The SMILES string of the molecule is O=C(ON1CCN(C(=O)O)CC1)c1ccccc1. The average Bonchev–Trinajstić information content (AvgIpc) is 2.40. The molecule has 18 heavy (non-hydrogen) atoms.